The number of nitrogens with one attached hydrogen (secondary N) is 1. The summed E-state index contributed by atoms with van der Waals surface area (Å²) in [5.74, 6) is 0.337. The molecule has 0 saturated heterocycles. The number of carbonyl (C=O) groups is 1. The summed E-state index contributed by atoms with van der Waals surface area (Å²) in [6, 6.07) is 8.24. The molecule has 1 aromatic carbocycles. The molecule has 0 aliphatic rings. The molecule has 18 heavy (non-hydrogen) atoms. The summed E-state index contributed by atoms with van der Waals surface area (Å²) in [5, 5.41) is 1.23. The molecule has 2 rings (SSSR count). The van der Waals surface area contributed by atoms with E-state index in [-0.39, 0.29) is 17.1 Å². The third-order valence-electron chi connectivity index (χ3n) is 3.64. The second kappa shape index (κ2) is 4.60. The number of Topliss-reactive ketones (excluding diaryl/α,β-unsaturated/α-hetero) is 1. The molecule has 2 aromatic rings. The van der Waals surface area contributed by atoms with E-state index >= 15 is 0 Å². The fraction of sp³-hybridized carbons (Fsp3) is 0.438. The lowest BCUT2D eigenvalue weighted by atomic mass is 9.75. The summed E-state index contributed by atoms with van der Waals surface area (Å²) in [6.45, 7) is 8.10. The van der Waals surface area contributed by atoms with Gasteiger partial charge in [-0.15, -0.1) is 0 Å². The molecule has 2 nitrogen and oxygen atoms in total. The molecule has 0 aliphatic heterocycles. The minimum atomic E-state index is 0.00417. The van der Waals surface area contributed by atoms with Crippen LogP contribution in [-0.2, 0) is 11.2 Å². The van der Waals surface area contributed by atoms with Crippen LogP contribution >= 0.6 is 0 Å². The molecule has 0 bridgehead atoms. The van der Waals surface area contributed by atoms with Crippen molar-refractivity contribution in [2.75, 3.05) is 0 Å². The average molecular weight is 243 g/mol. The number of aromatic amines is 1. The van der Waals surface area contributed by atoms with Crippen molar-refractivity contribution in [1.29, 1.82) is 0 Å². The zero-order valence-corrected chi connectivity index (χ0v) is 11.6. The van der Waals surface area contributed by atoms with Crippen molar-refractivity contribution < 1.29 is 4.79 Å². The first-order valence-corrected chi connectivity index (χ1v) is 6.45. The fourth-order valence-electron chi connectivity index (χ4n) is 2.58. The van der Waals surface area contributed by atoms with Crippen LogP contribution in [0.5, 0.6) is 0 Å². The van der Waals surface area contributed by atoms with Crippen LogP contribution in [0.3, 0.4) is 0 Å². The molecule has 1 unspecified atom stereocenters. The zero-order valence-electron chi connectivity index (χ0n) is 11.6. The lowest BCUT2D eigenvalue weighted by Crippen LogP contribution is -2.28. The maximum atomic E-state index is 11.8. The maximum Gasteiger partial charge on any atom is 0.133 e. The van der Waals surface area contributed by atoms with Gasteiger partial charge in [0, 0.05) is 23.0 Å². The second-order valence-corrected chi connectivity index (χ2v) is 6.09. The van der Waals surface area contributed by atoms with Gasteiger partial charge in [-0.3, -0.25) is 4.79 Å². The van der Waals surface area contributed by atoms with Crippen molar-refractivity contribution in [3.8, 4) is 0 Å². The monoisotopic (exact) mass is 243 g/mol. The van der Waals surface area contributed by atoms with E-state index in [1.807, 2.05) is 18.3 Å². The molecular formula is C16H21NO. The molecule has 0 spiro atoms. The molecule has 0 radical (unpaired) electrons. The first kappa shape index (κ1) is 12.9. The van der Waals surface area contributed by atoms with E-state index in [0.29, 0.717) is 0 Å². The Labute approximate surface area is 108 Å². The highest BCUT2D eigenvalue weighted by atomic mass is 16.1. The number of para-hydroxylation sites is 1. The van der Waals surface area contributed by atoms with E-state index in [2.05, 4.69) is 37.9 Å². The fourth-order valence-corrected chi connectivity index (χ4v) is 2.58. The molecule has 0 aliphatic carbocycles. The summed E-state index contributed by atoms with van der Waals surface area (Å²) >= 11 is 0. The van der Waals surface area contributed by atoms with Crippen molar-refractivity contribution in [2.24, 2.45) is 11.3 Å². The quantitative estimate of drug-likeness (QED) is 0.869. The Morgan fingerprint density at radius 2 is 1.94 bits per heavy atom. The normalized spacial score (nSPS) is 13.8. The van der Waals surface area contributed by atoms with Crippen LogP contribution in [0.4, 0.5) is 0 Å². The highest BCUT2D eigenvalue weighted by Crippen LogP contribution is 2.31. The third kappa shape index (κ3) is 2.47. The molecule has 96 valence electrons. The minimum Gasteiger partial charge on any atom is -0.361 e. The summed E-state index contributed by atoms with van der Waals surface area (Å²) < 4.78 is 0. The summed E-state index contributed by atoms with van der Waals surface area (Å²) in [4.78, 5) is 15.1. The molecule has 1 heterocycles. The van der Waals surface area contributed by atoms with Gasteiger partial charge in [0.15, 0.2) is 0 Å². The number of hydrogen-bond donors (Lipinski definition) is 1. The van der Waals surface area contributed by atoms with Crippen molar-refractivity contribution in [2.45, 2.75) is 34.1 Å². The smallest absolute Gasteiger partial charge is 0.133 e. The van der Waals surface area contributed by atoms with Gasteiger partial charge in [-0.2, -0.15) is 0 Å². The predicted octanol–water partition coefficient (Wildman–Crippen LogP) is 3.96. The number of carbonyl (C=O) groups excluding carboxylic acids is 1. The number of H-pyrrole nitrogens is 1. The van der Waals surface area contributed by atoms with Crippen LogP contribution in [0, 0.1) is 11.3 Å². The molecule has 1 N–H and O–H groups in total. The summed E-state index contributed by atoms with van der Waals surface area (Å²) in [7, 11) is 0. The van der Waals surface area contributed by atoms with Crippen molar-refractivity contribution in [3.63, 3.8) is 0 Å². The number of rotatable bonds is 3. The zero-order chi connectivity index (χ0) is 13.3. The third-order valence-corrected chi connectivity index (χ3v) is 3.64. The van der Waals surface area contributed by atoms with Crippen LogP contribution in [-0.4, -0.2) is 10.8 Å². The average Bonchev–Trinajstić information content (AvgIpc) is 2.67. The Morgan fingerprint density at radius 3 is 2.56 bits per heavy atom. The topological polar surface area (TPSA) is 32.9 Å². The Kier molecular flexibility index (Phi) is 3.29. The summed E-state index contributed by atoms with van der Waals surface area (Å²) in [6.07, 6.45) is 2.84. The lowest BCUT2D eigenvalue weighted by Gasteiger charge is -2.28. The van der Waals surface area contributed by atoms with E-state index in [0.717, 1.165) is 11.9 Å². The molecule has 0 fully saturated rings. The number of benzene rings is 1. The van der Waals surface area contributed by atoms with Gasteiger partial charge in [0.2, 0.25) is 0 Å². The van der Waals surface area contributed by atoms with Gasteiger partial charge < -0.3 is 4.98 Å². The number of ketones is 1. The highest BCUT2D eigenvalue weighted by molar-refractivity contribution is 5.85. The first-order chi connectivity index (χ1) is 8.39. The molecule has 2 heteroatoms. The number of hydrogen-bond acceptors (Lipinski definition) is 1. The van der Waals surface area contributed by atoms with E-state index in [9.17, 15) is 4.79 Å². The van der Waals surface area contributed by atoms with E-state index in [4.69, 9.17) is 0 Å². The standard InChI is InChI=1S/C16H21NO/c1-11(18)14(16(2,3)4)9-12-10-17-15-8-6-5-7-13(12)15/h5-8,10,14,17H,9H2,1-4H3. The van der Waals surface area contributed by atoms with Crippen LogP contribution in [0.15, 0.2) is 30.5 Å². The van der Waals surface area contributed by atoms with E-state index in [1.165, 1.54) is 10.9 Å². The lowest BCUT2D eigenvalue weighted by molar-refractivity contribution is -0.123. The van der Waals surface area contributed by atoms with Crippen LogP contribution in [0.2, 0.25) is 0 Å². The molecule has 0 amide bonds. The Bertz CT molecular complexity index is 560. The van der Waals surface area contributed by atoms with Gasteiger partial charge in [0.1, 0.15) is 5.78 Å². The van der Waals surface area contributed by atoms with Crippen LogP contribution in [0.25, 0.3) is 10.9 Å². The van der Waals surface area contributed by atoms with E-state index in [1.54, 1.807) is 6.92 Å². The van der Waals surface area contributed by atoms with Gasteiger partial charge in [-0.05, 0) is 30.4 Å². The SMILES string of the molecule is CC(=O)C(Cc1c[nH]c2ccccc12)C(C)(C)C. The van der Waals surface area contributed by atoms with Crippen molar-refractivity contribution >= 4 is 16.7 Å². The van der Waals surface area contributed by atoms with Crippen LogP contribution in [0.1, 0.15) is 33.3 Å². The van der Waals surface area contributed by atoms with Gasteiger partial charge in [0.25, 0.3) is 0 Å². The van der Waals surface area contributed by atoms with Gasteiger partial charge in [-0.1, -0.05) is 39.0 Å². The number of aromatic nitrogens is 1. The maximum absolute atomic E-state index is 11.8. The molecule has 1 atom stereocenters. The molecule has 0 saturated carbocycles. The Hall–Kier alpha value is -1.57. The predicted molar refractivity (Wildman–Crippen MR) is 75.6 cm³/mol. The second-order valence-electron chi connectivity index (χ2n) is 6.09. The van der Waals surface area contributed by atoms with E-state index < -0.39 is 0 Å². The van der Waals surface area contributed by atoms with Gasteiger partial charge in [0.05, 0.1) is 0 Å². The largest absolute Gasteiger partial charge is 0.361 e. The Morgan fingerprint density at radius 1 is 1.28 bits per heavy atom. The highest BCUT2D eigenvalue weighted by Gasteiger charge is 2.29. The first-order valence-electron chi connectivity index (χ1n) is 6.45. The Balaban J connectivity index is 2.35. The molecular weight excluding hydrogens is 222 g/mol. The van der Waals surface area contributed by atoms with Crippen LogP contribution < -0.4 is 0 Å². The van der Waals surface area contributed by atoms with Crippen molar-refractivity contribution in [3.05, 3.63) is 36.0 Å². The van der Waals surface area contributed by atoms with Gasteiger partial charge >= 0.3 is 0 Å². The summed E-state index contributed by atoms with van der Waals surface area (Å²) in [5.41, 5.74) is 2.38. The van der Waals surface area contributed by atoms with Gasteiger partial charge in [-0.25, -0.2) is 0 Å². The minimum absolute atomic E-state index is 0.00417. The molecule has 1 aromatic heterocycles. The van der Waals surface area contributed by atoms with Crippen molar-refractivity contribution in [1.82, 2.24) is 4.98 Å². The number of fused-ring (bicyclic) bond motifs is 1.